The van der Waals surface area contributed by atoms with Gasteiger partial charge in [0, 0.05) is 28.0 Å². The van der Waals surface area contributed by atoms with Crippen LogP contribution in [-0.2, 0) is 4.79 Å². The van der Waals surface area contributed by atoms with Crippen LogP contribution in [0.15, 0.2) is 52.5 Å². The molecule has 0 radical (unpaired) electrons. The number of nitrogens with one attached hydrogen (secondary N) is 1. The van der Waals surface area contributed by atoms with Gasteiger partial charge in [0.15, 0.2) is 0 Å². The van der Waals surface area contributed by atoms with E-state index in [1.54, 1.807) is 18.2 Å². The predicted octanol–water partition coefficient (Wildman–Crippen LogP) is 6.33. The molecular weight excluding hydrogens is 438 g/mol. The normalized spacial score (nSPS) is 15.2. The minimum absolute atomic E-state index is 0.0575. The van der Waals surface area contributed by atoms with E-state index in [4.69, 9.17) is 0 Å². The van der Waals surface area contributed by atoms with Crippen molar-refractivity contribution < 1.29 is 4.79 Å². The van der Waals surface area contributed by atoms with Crippen LogP contribution in [0.1, 0.15) is 44.4 Å². The smallest absolute Gasteiger partial charge is 0.266 e. The third kappa shape index (κ3) is 4.34. The predicted molar refractivity (Wildman–Crippen MR) is 128 cm³/mol. The van der Waals surface area contributed by atoms with Crippen molar-refractivity contribution >= 4 is 44.9 Å². The fourth-order valence-electron chi connectivity index (χ4n) is 4.01. The Hall–Kier alpha value is -2.84. The lowest BCUT2D eigenvalue weighted by molar-refractivity contribution is -0.112. The quantitative estimate of drug-likeness (QED) is 0.425. The number of amides is 1. The number of rotatable bonds is 4. The van der Waals surface area contributed by atoms with Crippen LogP contribution in [0.4, 0.5) is 11.4 Å². The van der Waals surface area contributed by atoms with Gasteiger partial charge in [-0.15, -0.1) is 0 Å². The van der Waals surface area contributed by atoms with Gasteiger partial charge in [-0.05, 0) is 93.8 Å². The fraction of sp³-hybridized carbons (Fsp3) is 0.280. The second kappa shape index (κ2) is 8.49. The van der Waals surface area contributed by atoms with Crippen molar-refractivity contribution in [1.29, 1.82) is 5.26 Å². The molecule has 1 amide bonds. The molecule has 1 N–H and O–H groups in total. The molecule has 3 rings (SSSR count). The number of nitriles is 1. The molecule has 0 atom stereocenters. The first kappa shape index (κ1) is 21.9. The lowest BCUT2D eigenvalue weighted by Gasteiger charge is -2.43. The van der Waals surface area contributed by atoms with E-state index in [1.807, 2.05) is 25.1 Å². The van der Waals surface area contributed by atoms with E-state index in [0.29, 0.717) is 5.69 Å². The first-order valence-electron chi connectivity index (χ1n) is 9.97. The van der Waals surface area contributed by atoms with Gasteiger partial charge in [0.25, 0.3) is 5.91 Å². The van der Waals surface area contributed by atoms with Gasteiger partial charge in [0.2, 0.25) is 0 Å². The molecule has 154 valence electrons. The Kier molecular flexibility index (Phi) is 6.19. The summed E-state index contributed by atoms with van der Waals surface area (Å²) in [5.41, 5.74) is 6.09. The van der Waals surface area contributed by atoms with Crippen molar-refractivity contribution in [2.24, 2.45) is 0 Å². The Bertz CT molecular complexity index is 1090. The zero-order valence-corrected chi connectivity index (χ0v) is 19.6. The van der Waals surface area contributed by atoms with Crippen LogP contribution in [0, 0.1) is 18.3 Å². The third-order valence-electron chi connectivity index (χ3n) is 5.45. The zero-order valence-electron chi connectivity index (χ0n) is 18.0. The highest BCUT2D eigenvalue weighted by molar-refractivity contribution is 9.10. The number of benzene rings is 2. The maximum Gasteiger partial charge on any atom is 0.266 e. The molecule has 0 saturated heterocycles. The van der Waals surface area contributed by atoms with Crippen LogP contribution in [0.25, 0.3) is 11.6 Å². The minimum Gasteiger partial charge on any atom is -0.363 e. The van der Waals surface area contributed by atoms with Gasteiger partial charge in [-0.2, -0.15) is 5.26 Å². The number of allylic oxidation sites excluding steroid dienone is 1. The topological polar surface area (TPSA) is 56.1 Å². The fourth-order valence-corrected chi connectivity index (χ4v) is 4.28. The summed E-state index contributed by atoms with van der Waals surface area (Å²) in [6.45, 7) is 11.6. The number of carbonyl (C=O) groups is 1. The van der Waals surface area contributed by atoms with Crippen molar-refractivity contribution in [2.75, 3.05) is 16.8 Å². The summed E-state index contributed by atoms with van der Waals surface area (Å²) in [6, 6.07) is 13.5. The zero-order chi connectivity index (χ0) is 22.1. The molecule has 2 aromatic carbocycles. The maximum atomic E-state index is 12.6. The van der Waals surface area contributed by atoms with Crippen LogP contribution in [0.3, 0.4) is 0 Å². The van der Waals surface area contributed by atoms with Gasteiger partial charge in [0.05, 0.1) is 5.54 Å². The molecule has 5 heteroatoms. The second-order valence-electron chi connectivity index (χ2n) is 8.08. The molecular formula is C25H26BrN3O. The van der Waals surface area contributed by atoms with Crippen LogP contribution in [-0.4, -0.2) is 18.0 Å². The lowest BCUT2D eigenvalue weighted by Crippen LogP contribution is -2.44. The van der Waals surface area contributed by atoms with Gasteiger partial charge in [0.1, 0.15) is 11.6 Å². The van der Waals surface area contributed by atoms with Crippen LogP contribution >= 0.6 is 15.9 Å². The van der Waals surface area contributed by atoms with E-state index in [1.165, 1.54) is 11.3 Å². The first-order valence-corrected chi connectivity index (χ1v) is 10.8. The molecule has 0 aliphatic carbocycles. The average molecular weight is 464 g/mol. The molecule has 0 saturated carbocycles. The van der Waals surface area contributed by atoms with E-state index in [2.05, 4.69) is 72.1 Å². The largest absolute Gasteiger partial charge is 0.363 e. The van der Waals surface area contributed by atoms with Crippen molar-refractivity contribution in [1.82, 2.24) is 0 Å². The van der Waals surface area contributed by atoms with Gasteiger partial charge < -0.3 is 10.2 Å². The average Bonchev–Trinajstić information content (AvgIpc) is 2.68. The number of aryl methyl sites for hydroxylation is 1. The Morgan fingerprint density at radius 2 is 1.90 bits per heavy atom. The Labute approximate surface area is 187 Å². The summed E-state index contributed by atoms with van der Waals surface area (Å²) in [6.07, 6.45) is 3.94. The summed E-state index contributed by atoms with van der Waals surface area (Å²) in [5.74, 6) is -0.416. The lowest BCUT2D eigenvalue weighted by atomic mass is 9.86. The summed E-state index contributed by atoms with van der Waals surface area (Å²) in [7, 11) is 0. The second-order valence-corrected chi connectivity index (χ2v) is 9.00. The van der Waals surface area contributed by atoms with E-state index >= 15 is 0 Å². The van der Waals surface area contributed by atoms with Crippen molar-refractivity contribution in [3.05, 3.63) is 69.2 Å². The molecule has 0 spiro atoms. The molecule has 1 aliphatic rings. The number of nitrogens with zero attached hydrogens (tertiary/aromatic N) is 2. The number of carbonyl (C=O) groups excluding carboxylic acids is 1. The molecule has 0 aromatic heterocycles. The van der Waals surface area contributed by atoms with Crippen molar-refractivity contribution in [2.45, 2.75) is 40.2 Å². The van der Waals surface area contributed by atoms with Gasteiger partial charge >= 0.3 is 0 Å². The highest BCUT2D eigenvalue weighted by Crippen LogP contribution is 2.40. The van der Waals surface area contributed by atoms with E-state index in [0.717, 1.165) is 27.7 Å². The third-order valence-corrected chi connectivity index (χ3v) is 5.98. The van der Waals surface area contributed by atoms with Gasteiger partial charge in [-0.3, -0.25) is 4.79 Å². The Morgan fingerprint density at radius 1 is 1.23 bits per heavy atom. The Balaban J connectivity index is 1.98. The number of likely N-dealkylation sites (N-methyl/N-ethyl adjacent to an activating group) is 1. The molecule has 1 heterocycles. The summed E-state index contributed by atoms with van der Waals surface area (Å²) in [4.78, 5) is 15.0. The highest BCUT2D eigenvalue weighted by Gasteiger charge is 2.30. The van der Waals surface area contributed by atoms with Crippen LogP contribution < -0.4 is 10.2 Å². The van der Waals surface area contributed by atoms with E-state index in [9.17, 15) is 10.1 Å². The molecule has 1 aliphatic heterocycles. The summed E-state index contributed by atoms with van der Waals surface area (Å²) >= 11 is 3.37. The standard InChI is InChI=1S/C25H26BrN3O/c1-6-29-23-11-16(2)18(13-22(23)17(3)14-25(29,4)5)12-19(15-27)24(30)28-21-9-7-20(26)8-10-21/h7-14H,6H2,1-5H3,(H,28,30)/b19-12+. The molecule has 4 nitrogen and oxygen atoms in total. The van der Waals surface area contributed by atoms with Crippen LogP contribution in [0.5, 0.6) is 0 Å². The van der Waals surface area contributed by atoms with Gasteiger partial charge in [-0.25, -0.2) is 0 Å². The van der Waals surface area contributed by atoms with Crippen molar-refractivity contribution in [3.63, 3.8) is 0 Å². The maximum absolute atomic E-state index is 12.6. The van der Waals surface area contributed by atoms with E-state index in [-0.39, 0.29) is 11.1 Å². The van der Waals surface area contributed by atoms with Crippen molar-refractivity contribution in [3.8, 4) is 6.07 Å². The first-order chi connectivity index (χ1) is 14.2. The van der Waals surface area contributed by atoms with Gasteiger partial charge in [-0.1, -0.05) is 22.0 Å². The monoisotopic (exact) mass is 463 g/mol. The SMILES string of the molecule is CCN1c2cc(C)c(/C=C(\C#N)C(=O)Nc3ccc(Br)cc3)cc2C(C)=CC1(C)C. The molecule has 0 fully saturated rings. The minimum atomic E-state index is -0.416. The molecule has 0 bridgehead atoms. The number of hydrogen-bond acceptors (Lipinski definition) is 3. The number of anilines is 2. The summed E-state index contributed by atoms with van der Waals surface area (Å²) in [5, 5.41) is 12.4. The number of fused-ring (bicyclic) bond motifs is 1. The van der Waals surface area contributed by atoms with E-state index < -0.39 is 5.91 Å². The molecule has 30 heavy (non-hydrogen) atoms. The number of hydrogen-bond donors (Lipinski definition) is 1. The van der Waals surface area contributed by atoms with Crippen LogP contribution in [0.2, 0.25) is 0 Å². The highest BCUT2D eigenvalue weighted by atomic mass is 79.9. The Morgan fingerprint density at radius 3 is 2.50 bits per heavy atom. The summed E-state index contributed by atoms with van der Waals surface area (Å²) < 4.78 is 0.925. The molecule has 0 unspecified atom stereocenters. The number of halogens is 1. The molecule has 2 aromatic rings.